The molecule has 6 heteroatoms. The summed E-state index contributed by atoms with van der Waals surface area (Å²) in [6, 6.07) is 9.87. The van der Waals surface area contributed by atoms with Gasteiger partial charge in [0.2, 0.25) is 5.91 Å². The van der Waals surface area contributed by atoms with Gasteiger partial charge in [-0.05, 0) is 57.4 Å². The number of aromatic nitrogens is 2. The van der Waals surface area contributed by atoms with Crippen LogP contribution in [0.15, 0.2) is 24.3 Å². The average Bonchev–Trinajstić information content (AvgIpc) is 2.92. The topological polar surface area (TPSA) is 79.9 Å². The van der Waals surface area contributed by atoms with E-state index in [0.717, 1.165) is 28.3 Å². The van der Waals surface area contributed by atoms with E-state index in [1.807, 2.05) is 56.6 Å². The van der Waals surface area contributed by atoms with Crippen LogP contribution in [0.4, 0.5) is 0 Å². The maximum atomic E-state index is 12.4. The van der Waals surface area contributed by atoms with Gasteiger partial charge in [0.15, 0.2) is 0 Å². The largest absolute Gasteiger partial charge is 0.494 e. The fourth-order valence-corrected chi connectivity index (χ4v) is 3.12. The van der Waals surface area contributed by atoms with E-state index in [4.69, 9.17) is 10.00 Å². The predicted octanol–water partition coefficient (Wildman–Crippen LogP) is 3.62. The Morgan fingerprint density at radius 2 is 2.04 bits per heavy atom. The molecule has 0 aliphatic rings. The number of hydrogen-bond acceptors (Lipinski definition) is 4. The number of hydrogen-bond donors (Lipinski definition) is 1. The van der Waals surface area contributed by atoms with Gasteiger partial charge in [0.05, 0.1) is 37.4 Å². The summed E-state index contributed by atoms with van der Waals surface area (Å²) < 4.78 is 7.30. The van der Waals surface area contributed by atoms with Gasteiger partial charge in [-0.1, -0.05) is 12.1 Å². The maximum absolute atomic E-state index is 12.4. The van der Waals surface area contributed by atoms with Gasteiger partial charge < -0.3 is 10.1 Å². The second-order valence-electron chi connectivity index (χ2n) is 6.57. The fraction of sp³-hybridized carbons (Fsp3) is 0.476. The molecule has 0 aliphatic heterocycles. The molecule has 2 rings (SSSR count). The molecule has 2 aromatic rings. The zero-order valence-electron chi connectivity index (χ0n) is 16.6. The third-order valence-corrected chi connectivity index (χ3v) is 4.64. The predicted molar refractivity (Wildman–Crippen MR) is 104 cm³/mol. The van der Waals surface area contributed by atoms with Crippen molar-refractivity contribution < 1.29 is 9.53 Å². The van der Waals surface area contributed by atoms with Crippen LogP contribution in [-0.2, 0) is 17.8 Å². The first kappa shape index (κ1) is 20.5. The number of rotatable bonds is 9. The van der Waals surface area contributed by atoms with E-state index < -0.39 is 0 Å². The van der Waals surface area contributed by atoms with E-state index in [0.29, 0.717) is 32.4 Å². The molecule has 0 saturated heterocycles. The lowest BCUT2D eigenvalue weighted by atomic mass is 10.1. The summed E-state index contributed by atoms with van der Waals surface area (Å²) in [5.74, 6) is 0.846. The number of amides is 1. The van der Waals surface area contributed by atoms with E-state index in [1.54, 1.807) is 0 Å². The van der Waals surface area contributed by atoms with Crippen molar-refractivity contribution in [3.05, 3.63) is 46.8 Å². The van der Waals surface area contributed by atoms with Gasteiger partial charge in [0.25, 0.3) is 0 Å². The first-order chi connectivity index (χ1) is 13.0. The number of benzene rings is 1. The summed E-state index contributed by atoms with van der Waals surface area (Å²) in [6.07, 6.45) is 1.49. The SMILES string of the molecule is CCOc1ccc([C@@H](C)NC(=O)CCc2c(C)nn(CCC#N)c2C)cc1. The van der Waals surface area contributed by atoms with Crippen LogP contribution in [0.5, 0.6) is 5.75 Å². The lowest BCUT2D eigenvalue weighted by Gasteiger charge is -2.15. The fourth-order valence-electron chi connectivity index (χ4n) is 3.12. The van der Waals surface area contributed by atoms with Crippen LogP contribution >= 0.6 is 0 Å². The number of nitriles is 1. The Balaban J connectivity index is 1.90. The molecule has 0 fully saturated rings. The van der Waals surface area contributed by atoms with Crippen molar-refractivity contribution in [2.45, 2.75) is 59.5 Å². The molecular weight excluding hydrogens is 340 g/mol. The molecule has 0 bridgehead atoms. The quantitative estimate of drug-likeness (QED) is 0.733. The molecule has 1 heterocycles. The summed E-state index contributed by atoms with van der Waals surface area (Å²) in [6.45, 7) is 9.10. The van der Waals surface area contributed by atoms with Gasteiger partial charge in [-0.25, -0.2) is 0 Å². The minimum absolute atomic E-state index is 0.0139. The molecule has 1 atom stereocenters. The van der Waals surface area contributed by atoms with Crippen LogP contribution in [0, 0.1) is 25.2 Å². The molecule has 1 amide bonds. The van der Waals surface area contributed by atoms with Crippen molar-refractivity contribution in [3.63, 3.8) is 0 Å². The van der Waals surface area contributed by atoms with Crippen molar-refractivity contribution in [2.75, 3.05) is 6.61 Å². The summed E-state index contributed by atoms with van der Waals surface area (Å²) >= 11 is 0. The van der Waals surface area contributed by atoms with Crippen LogP contribution in [-0.4, -0.2) is 22.3 Å². The van der Waals surface area contributed by atoms with Crippen LogP contribution in [0.1, 0.15) is 55.2 Å². The smallest absolute Gasteiger partial charge is 0.220 e. The van der Waals surface area contributed by atoms with E-state index in [2.05, 4.69) is 16.5 Å². The van der Waals surface area contributed by atoms with Crippen LogP contribution < -0.4 is 10.1 Å². The minimum atomic E-state index is -0.0614. The van der Waals surface area contributed by atoms with E-state index in [1.165, 1.54) is 0 Å². The van der Waals surface area contributed by atoms with Gasteiger partial charge in [-0.3, -0.25) is 9.48 Å². The summed E-state index contributed by atoms with van der Waals surface area (Å²) in [7, 11) is 0. The number of carbonyl (C=O) groups excluding carboxylic acids is 1. The Morgan fingerprint density at radius 1 is 1.33 bits per heavy atom. The molecule has 0 spiro atoms. The van der Waals surface area contributed by atoms with Crippen molar-refractivity contribution in [3.8, 4) is 11.8 Å². The number of carbonyl (C=O) groups is 1. The van der Waals surface area contributed by atoms with Gasteiger partial charge in [0.1, 0.15) is 5.75 Å². The van der Waals surface area contributed by atoms with Gasteiger partial charge in [0, 0.05) is 12.1 Å². The van der Waals surface area contributed by atoms with Crippen molar-refractivity contribution in [1.29, 1.82) is 5.26 Å². The van der Waals surface area contributed by atoms with Crippen molar-refractivity contribution in [1.82, 2.24) is 15.1 Å². The Labute approximate surface area is 161 Å². The van der Waals surface area contributed by atoms with E-state index in [9.17, 15) is 4.79 Å². The number of nitrogens with one attached hydrogen (secondary N) is 1. The van der Waals surface area contributed by atoms with Gasteiger partial charge in [-0.15, -0.1) is 0 Å². The number of ether oxygens (including phenoxy) is 1. The van der Waals surface area contributed by atoms with Crippen molar-refractivity contribution in [2.24, 2.45) is 0 Å². The first-order valence-electron chi connectivity index (χ1n) is 9.38. The normalized spacial score (nSPS) is 11.7. The lowest BCUT2D eigenvalue weighted by Crippen LogP contribution is -2.26. The second kappa shape index (κ2) is 9.77. The molecule has 1 N–H and O–H groups in total. The first-order valence-corrected chi connectivity index (χ1v) is 9.38. The zero-order chi connectivity index (χ0) is 19.8. The average molecular weight is 368 g/mol. The highest BCUT2D eigenvalue weighted by Crippen LogP contribution is 2.19. The molecule has 0 aliphatic carbocycles. The summed E-state index contributed by atoms with van der Waals surface area (Å²) in [5, 5.41) is 16.3. The molecule has 27 heavy (non-hydrogen) atoms. The minimum Gasteiger partial charge on any atom is -0.494 e. The van der Waals surface area contributed by atoms with E-state index >= 15 is 0 Å². The lowest BCUT2D eigenvalue weighted by molar-refractivity contribution is -0.121. The van der Waals surface area contributed by atoms with E-state index in [-0.39, 0.29) is 11.9 Å². The number of aryl methyl sites for hydroxylation is 2. The van der Waals surface area contributed by atoms with Crippen LogP contribution in [0.2, 0.25) is 0 Å². The molecular formula is C21H28N4O2. The monoisotopic (exact) mass is 368 g/mol. The maximum Gasteiger partial charge on any atom is 0.220 e. The third kappa shape index (κ3) is 5.58. The standard InChI is InChI=1S/C21H28N4O2/c1-5-27-19-9-7-18(8-10-19)15(2)23-21(26)12-11-20-16(3)24-25(17(20)4)14-6-13-22/h7-10,15H,5-6,11-12,14H2,1-4H3,(H,23,26)/t15-/m1/s1. The van der Waals surface area contributed by atoms with Crippen LogP contribution in [0.25, 0.3) is 0 Å². The highest BCUT2D eigenvalue weighted by atomic mass is 16.5. The van der Waals surface area contributed by atoms with Crippen LogP contribution in [0.3, 0.4) is 0 Å². The van der Waals surface area contributed by atoms with Gasteiger partial charge in [-0.2, -0.15) is 10.4 Å². The Bertz CT molecular complexity index is 803. The number of nitrogens with zero attached hydrogens (tertiary/aromatic N) is 3. The molecule has 0 radical (unpaired) electrons. The zero-order valence-corrected chi connectivity index (χ0v) is 16.6. The highest BCUT2D eigenvalue weighted by Gasteiger charge is 2.14. The van der Waals surface area contributed by atoms with Crippen molar-refractivity contribution >= 4 is 5.91 Å². The molecule has 1 aromatic carbocycles. The summed E-state index contributed by atoms with van der Waals surface area (Å²) in [4.78, 5) is 12.4. The molecule has 0 unspecified atom stereocenters. The molecule has 6 nitrogen and oxygen atoms in total. The second-order valence-corrected chi connectivity index (χ2v) is 6.57. The molecule has 0 saturated carbocycles. The molecule has 144 valence electrons. The highest BCUT2D eigenvalue weighted by molar-refractivity contribution is 5.76. The Kier molecular flexibility index (Phi) is 7.42. The third-order valence-electron chi connectivity index (χ3n) is 4.64. The van der Waals surface area contributed by atoms with Gasteiger partial charge >= 0.3 is 0 Å². The Hall–Kier alpha value is -2.81. The summed E-state index contributed by atoms with van der Waals surface area (Å²) in [5.41, 5.74) is 4.10. The Morgan fingerprint density at radius 3 is 2.67 bits per heavy atom. The molecule has 1 aromatic heterocycles.